The van der Waals surface area contributed by atoms with E-state index in [1.807, 2.05) is 6.07 Å². The molecule has 0 spiro atoms. The molecule has 4 rings (SSSR count). The van der Waals surface area contributed by atoms with Crippen LogP contribution >= 0.6 is 0 Å². The van der Waals surface area contributed by atoms with Gasteiger partial charge in [0.15, 0.2) is 0 Å². The van der Waals surface area contributed by atoms with Crippen molar-refractivity contribution in [3.05, 3.63) is 53.6 Å². The molecule has 0 bridgehead atoms. The van der Waals surface area contributed by atoms with E-state index in [1.54, 1.807) is 0 Å². The average Bonchev–Trinajstić information content (AvgIpc) is 3.32. The van der Waals surface area contributed by atoms with Gasteiger partial charge in [-0.1, -0.05) is 25.3 Å². The van der Waals surface area contributed by atoms with Crippen LogP contribution in [0.2, 0.25) is 0 Å². The lowest BCUT2D eigenvalue weighted by molar-refractivity contribution is 0.352. The first-order chi connectivity index (χ1) is 10.9. The van der Waals surface area contributed by atoms with Gasteiger partial charge in [-0.25, -0.2) is 4.98 Å². The van der Waals surface area contributed by atoms with Gasteiger partial charge in [-0.3, -0.25) is 0 Å². The highest BCUT2D eigenvalue weighted by molar-refractivity contribution is 5.38. The molecule has 0 amide bonds. The van der Waals surface area contributed by atoms with Crippen molar-refractivity contribution in [2.45, 2.75) is 56.9 Å². The Hall–Kier alpha value is -2.01. The quantitative estimate of drug-likeness (QED) is 0.735. The van der Waals surface area contributed by atoms with Crippen LogP contribution in [-0.2, 0) is 0 Å². The first kappa shape index (κ1) is 13.6. The summed E-state index contributed by atoms with van der Waals surface area (Å²) in [6.45, 7) is 0. The molecule has 0 atom stereocenters. The van der Waals surface area contributed by atoms with E-state index in [0.29, 0.717) is 12.0 Å². The van der Waals surface area contributed by atoms with Crippen molar-refractivity contribution in [3.8, 4) is 11.8 Å². The fraction of sp³-hybridized carbons (Fsp3) is 0.450. The maximum atomic E-state index is 4.69. The van der Waals surface area contributed by atoms with Gasteiger partial charge in [0.1, 0.15) is 5.69 Å². The van der Waals surface area contributed by atoms with E-state index in [4.69, 9.17) is 4.98 Å². The third kappa shape index (κ3) is 2.95. The number of rotatable bonds is 2. The van der Waals surface area contributed by atoms with E-state index < -0.39 is 0 Å². The minimum absolute atomic E-state index is 0.638. The smallest absolute Gasteiger partial charge is 0.113 e. The van der Waals surface area contributed by atoms with E-state index >= 15 is 0 Å². The lowest BCUT2D eigenvalue weighted by Gasteiger charge is -2.24. The van der Waals surface area contributed by atoms with Crippen molar-refractivity contribution in [1.29, 1.82) is 0 Å². The van der Waals surface area contributed by atoms with E-state index in [9.17, 15) is 0 Å². The van der Waals surface area contributed by atoms with Crippen molar-refractivity contribution >= 4 is 0 Å². The van der Waals surface area contributed by atoms with Crippen LogP contribution in [0.15, 0.2) is 36.5 Å². The van der Waals surface area contributed by atoms with Crippen molar-refractivity contribution in [3.63, 3.8) is 0 Å². The Balaban J connectivity index is 1.56. The molecule has 22 heavy (non-hydrogen) atoms. The number of nitrogens with zero attached hydrogens (tertiary/aromatic N) is 2. The minimum Gasteiger partial charge on any atom is -0.338 e. The molecule has 2 heterocycles. The summed E-state index contributed by atoms with van der Waals surface area (Å²) in [5.41, 5.74) is 3.25. The predicted octanol–water partition coefficient (Wildman–Crippen LogP) is 4.67. The Labute approximate surface area is 132 Å². The number of pyridine rings is 1. The zero-order valence-electron chi connectivity index (χ0n) is 13.0. The monoisotopic (exact) mass is 290 g/mol. The zero-order valence-corrected chi connectivity index (χ0v) is 13.0. The summed E-state index contributed by atoms with van der Waals surface area (Å²) < 4.78 is 2.37. The maximum absolute atomic E-state index is 4.69. The molecule has 0 aromatic carbocycles. The molecule has 0 N–H and O–H groups in total. The lowest BCUT2D eigenvalue weighted by Crippen LogP contribution is -2.13. The molecule has 0 aliphatic heterocycles. The second kappa shape index (κ2) is 6.01. The molecule has 2 nitrogen and oxygen atoms in total. The molecular formula is C20H22N2. The van der Waals surface area contributed by atoms with Crippen LogP contribution < -0.4 is 0 Å². The highest BCUT2D eigenvalue weighted by atomic mass is 15.0. The molecule has 0 unspecified atom stereocenters. The van der Waals surface area contributed by atoms with Crippen molar-refractivity contribution in [1.82, 2.24) is 9.55 Å². The largest absolute Gasteiger partial charge is 0.338 e. The molecule has 2 fully saturated rings. The number of hydrogen-bond donors (Lipinski definition) is 0. The van der Waals surface area contributed by atoms with Crippen LogP contribution in [0.3, 0.4) is 0 Å². The Morgan fingerprint density at radius 2 is 1.77 bits per heavy atom. The van der Waals surface area contributed by atoms with E-state index in [0.717, 1.165) is 11.4 Å². The fourth-order valence-electron chi connectivity index (χ4n) is 3.43. The van der Waals surface area contributed by atoms with Gasteiger partial charge < -0.3 is 4.57 Å². The lowest BCUT2D eigenvalue weighted by atomic mass is 9.95. The molecule has 2 aliphatic carbocycles. The van der Waals surface area contributed by atoms with Gasteiger partial charge >= 0.3 is 0 Å². The third-order valence-corrected chi connectivity index (χ3v) is 4.83. The van der Waals surface area contributed by atoms with E-state index in [2.05, 4.69) is 46.9 Å². The molecule has 112 valence electrons. The molecule has 2 saturated carbocycles. The van der Waals surface area contributed by atoms with Gasteiger partial charge in [-0.05, 0) is 61.8 Å². The second-order valence-electron chi connectivity index (χ2n) is 6.56. The van der Waals surface area contributed by atoms with Gasteiger partial charge in [0, 0.05) is 23.9 Å². The average molecular weight is 290 g/mol. The fourth-order valence-corrected chi connectivity index (χ4v) is 3.43. The second-order valence-corrected chi connectivity index (χ2v) is 6.56. The molecule has 2 aromatic rings. The van der Waals surface area contributed by atoms with Crippen LogP contribution in [-0.4, -0.2) is 9.55 Å². The SMILES string of the molecule is C(#Cc1cccn1C1CCCCC1)c1cccc(C2CC2)n1. The van der Waals surface area contributed by atoms with Gasteiger partial charge in [0.2, 0.25) is 0 Å². The van der Waals surface area contributed by atoms with E-state index in [1.165, 1.54) is 50.6 Å². The Morgan fingerprint density at radius 1 is 0.909 bits per heavy atom. The first-order valence-corrected chi connectivity index (χ1v) is 8.56. The molecular weight excluding hydrogens is 268 g/mol. The summed E-state index contributed by atoms with van der Waals surface area (Å²) in [6.07, 6.45) is 11.4. The van der Waals surface area contributed by atoms with Crippen molar-refractivity contribution < 1.29 is 0 Å². The Morgan fingerprint density at radius 3 is 2.59 bits per heavy atom. The Kier molecular flexibility index (Phi) is 3.72. The summed E-state index contributed by atoms with van der Waals surface area (Å²) in [7, 11) is 0. The third-order valence-electron chi connectivity index (χ3n) is 4.83. The molecule has 0 radical (unpaired) electrons. The first-order valence-electron chi connectivity index (χ1n) is 8.56. The van der Waals surface area contributed by atoms with Crippen LogP contribution in [0.4, 0.5) is 0 Å². The highest BCUT2D eigenvalue weighted by Crippen LogP contribution is 2.38. The van der Waals surface area contributed by atoms with Crippen LogP contribution in [0, 0.1) is 11.8 Å². The summed E-state index contributed by atoms with van der Waals surface area (Å²) in [5, 5.41) is 0. The molecule has 0 saturated heterocycles. The van der Waals surface area contributed by atoms with Crippen LogP contribution in [0.5, 0.6) is 0 Å². The summed E-state index contributed by atoms with van der Waals surface area (Å²) in [4.78, 5) is 4.69. The topological polar surface area (TPSA) is 17.8 Å². The van der Waals surface area contributed by atoms with Crippen LogP contribution in [0.25, 0.3) is 0 Å². The normalized spacial score (nSPS) is 18.7. The standard InChI is InChI=1S/C20H22N2/c1-2-7-18(8-3-1)22-15-5-9-19(22)14-13-17-6-4-10-20(21-17)16-11-12-16/h4-6,9-10,15-16,18H,1-3,7-8,11-12H2. The van der Waals surface area contributed by atoms with Gasteiger partial charge in [-0.2, -0.15) is 0 Å². The maximum Gasteiger partial charge on any atom is 0.113 e. The zero-order chi connectivity index (χ0) is 14.8. The summed E-state index contributed by atoms with van der Waals surface area (Å²) in [5.74, 6) is 7.30. The number of aromatic nitrogens is 2. The van der Waals surface area contributed by atoms with Crippen molar-refractivity contribution in [2.24, 2.45) is 0 Å². The summed E-state index contributed by atoms with van der Waals surface area (Å²) in [6, 6.07) is 11.1. The van der Waals surface area contributed by atoms with E-state index in [-0.39, 0.29) is 0 Å². The van der Waals surface area contributed by atoms with Gasteiger partial charge in [0.05, 0.1) is 5.69 Å². The summed E-state index contributed by atoms with van der Waals surface area (Å²) >= 11 is 0. The molecule has 2 aromatic heterocycles. The minimum atomic E-state index is 0.638. The Bertz CT molecular complexity index is 707. The van der Waals surface area contributed by atoms with Gasteiger partial charge in [0.25, 0.3) is 0 Å². The number of hydrogen-bond acceptors (Lipinski definition) is 1. The molecule has 2 aliphatic rings. The molecule has 2 heteroatoms. The highest BCUT2D eigenvalue weighted by Gasteiger charge is 2.24. The van der Waals surface area contributed by atoms with Gasteiger partial charge in [-0.15, -0.1) is 0 Å². The van der Waals surface area contributed by atoms with Crippen molar-refractivity contribution in [2.75, 3.05) is 0 Å². The van der Waals surface area contributed by atoms with Crippen LogP contribution in [0.1, 0.15) is 74.0 Å². The predicted molar refractivity (Wildman–Crippen MR) is 88.7 cm³/mol.